The smallest absolute Gasteiger partial charge is 0.257 e. The largest absolute Gasteiger partial charge is 0.324 e. The summed E-state index contributed by atoms with van der Waals surface area (Å²) in [6.45, 7) is 1.86. The summed E-state index contributed by atoms with van der Waals surface area (Å²) in [4.78, 5) is 30.2. The molecule has 1 aliphatic heterocycles. The first-order valence-electron chi connectivity index (χ1n) is 8.80. The summed E-state index contributed by atoms with van der Waals surface area (Å²) < 4.78 is 1.03. The van der Waals surface area contributed by atoms with Gasteiger partial charge in [-0.2, -0.15) is 0 Å². The molecule has 2 amide bonds. The Kier molecular flexibility index (Phi) is 4.07. The van der Waals surface area contributed by atoms with E-state index < -0.39 is 0 Å². The molecule has 1 atom stereocenters. The SMILES string of the molecule is CC1Sc2ccc(C(=O)Nc3nc4c(ccc5ccccc54)s3)cc2NC1=O. The molecule has 138 valence electrons. The molecule has 0 saturated heterocycles. The van der Waals surface area contributed by atoms with Gasteiger partial charge in [-0.15, -0.1) is 11.8 Å². The molecule has 1 unspecified atom stereocenters. The van der Waals surface area contributed by atoms with Gasteiger partial charge in [-0.25, -0.2) is 4.98 Å². The lowest BCUT2D eigenvalue weighted by Gasteiger charge is -2.21. The number of fused-ring (bicyclic) bond motifs is 4. The van der Waals surface area contributed by atoms with Gasteiger partial charge in [0.15, 0.2) is 5.13 Å². The summed E-state index contributed by atoms with van der Waals surface area (Å²) in [6, 6.07) is 17.5. The maximum Gasteiger partial charge on any atom is 0.257 e. The fraction of sp³-hybridized carbons (Fsp3) is 0.0952. The van der Waals surface area contributed by atoms with Gasteiger partial charge in [0.05, 0.1) is 21.2 Å². The van der Waals surface area contributed by atoms with Gasteiger partial charge in [0.2, 0.25) is 5.91 Å². The Hall–Kier alpha value is -2.90. The van der Waals surface area contributed by atoms with Crippen LogP contribution in [0.5, 0.6) is 0 Å². The van der Waals surface area contributed by atoms with Crippen LogP contribution < -0.4 is 10.6 Å². The van der Waals surface area contributed by atoms with Crippen LogP contribution in [-0.4, -0.2) is 22.0 Å². The van der Waals surface area contributed by atoms with E-state index in [0.717, 1.165) is 25.9 Å². The molecule has 28 heavy (non-hydrogen) atoms. The van der Waals surface area contributed by atoms with Crippen LogP contribution in [0, 0.1) is 0 Å². The number of thiazole rings is 1. The monoisotopic (exact) mass is 405 g/mol. The first-order chi connectivity index (χ1) is 13.6. The number of thioether (sulfide) groups is 1. The van der Waals surface area contributed by atoms with Crippen molar-refractivity contribution >= 4 is 66.7 Å². The van der Waals surface area contributed by atoms with Crippen LogP contribution >= 0.6 is 23.1 Å². The van der Waals surface area contributed by atoms with Crippen LogP contribution in [0.15, 0.2) is 59.5 Å². The van der Waals surface area contributed by atoms with E-state index in [4.69, 9.17) is 0 Å². The molecule has 0 radical (unpaired) electrons. The Bertz CT molecular complexity index is 1270. The highest BCUT2D eigenvalue weighted by Crippen LogP contribution is 2.36. The zero-order valence-corrected chi connectivity index (χ0v) is 16.5. The third-order valence-corrected chi connectivity index (χ3v) is 6.79. The Balaban J connectivity index is 1.45. The van der Waals surface area contributed by atoms with E-state index in [1.807, 2.05) is 43.3 Å². The van der Waals surface area contributed by atoms with Crippen LogP contribution in [0.4, 0.5) is 10.8 Å². The van der Waals surface area contributed by atoms with E-state index in [1.54, 1.807) is 12.1 Å². The van der Waals surface area contributed by atoms with Gasteiger partial charge in [0, 0.05) is 15.8 Å². The molecular formula is C21H15N3O2S2. The second-order valence-electron chi connectivity index (χ2n) is 6.57. The molecule has 5 rings (SSSR count). The van der Waals surface area contributed by atoms with Gasteiger partial charge in [0.25, 0.3) is 5.91 Å². The van der Waals surface area contributed by atoms with E-state index in [9.17, 15) is 9.59 Å². The Labute approximate surface area is 169 Å². The fourth-order valence-electron chi connectivity index (χ4n) is 3.23. The molecule has 7 heteroatoms. The highest BCUT2D eigenvalue weighted by molar-refractivity contribution is 8.00. The first-order valence-corrected chi connectivity index (χ1v) is 10.5. The molecule has 0 bridgehead atoms. The Morgan fingerprint density at radius 2 is 2.00 bits per heavy atom. The van der Waals surface area contributed by atoms with Crippen LogP contribution in [0.3, 0.4) is 0 Å². The van der Waals surface area contributed by atoms with Gasteiger partial charge in [-0.05, 0) is 36.6 Å². The maximum atomic E-state index is 12.7. The number of rotatable bonds is 2. The van der Waals surface area contributed by atoms with Crippen LogP contribution in [0.1, 0.15) is 17.3 Å². The van der Waals surface area contributed by atoms with E-state index in [1.165, 1.54) is 23.1 Å². The number of carbonyl (C=O) groups is 2. The quantitative estimate of drug-likeness (QED) is 0.485. The van der Waals surface area contributed by atoms with Crippen molar-refractivity contribution in [2.24, 2.45) is 0 Å². The average Bonchev–Trinajstić information content (AvgIpc) is 3.11. The van der Waals surface area contributed by atoms with Gasteiger partial charge in [0.1, 0.15) is 0 Å². The number of hydrogen-bond donors (Lipinski definition) is 2. The van der Waals surface area contributed by atoms with E-state index in [0.29, 0.717) is 16.4 Å². The molecule has 3 aromatic carbocycles. The topological polar surface area (TPSA) is 71.1 Å². The van der Waals surface area contributed by atoms with Crippen LogP contribution in [0.2, 0.25) is 0 Å². The molecule has 0 saturated carbocycles. The third-order valence-electron chi connectivity index (χ3n) is 4.68. The second kappa shape index (κ2) is 6.61. The highest BCUT2D eigenvalue weighted by atomic mass is 32.2. The van der Waals surface area contributed by atoms with Crippen molar-refractivity contribution in [3.05, 3.63) is 60.2 Å². The zero-order chi connectivity index (χ0) is 19.3. The summed E-state index contributed by atoms with van der Waals surface area (Å²) >= 11 is 2.94. The minimum atomic E-state index is -0.246. The number of benzene rings is 3. The van der Waals surface area contributed by atoms with Crippen molar-refractivity contribution in [3.63, 3.8) is 0 Å². The lowest BCUT2D eigenvalue weighted by Crippen LogP contribution is -2.26. The standard InChI is InChI=1S/C21H15N3O2S2/c1-11-19(25)22-15-10-13(7-8-16(15)27-11)20(26)24-21-23-18-14-5-3-2-4-12(14)6-9-17(18)28-21/h2-11H,1H3,(H,22,25)(H,23,24,26). The molecule has 1 aromatic heterocycles. The molecular weight excluding hydrogens is 390 g/mol. The van der Waals surface area contributed by atoms with E-state index in [2.05, 4.69) is 21.7 Å². The van der Waals surface area contributed by atoms with E-state index in [-0.39, 0.29) is 17.1 Å². The number of anilines is 2. The molecule has 0 aliphatic carbocycles. The van der Waals surface area contributed by atoms with Crippen molar-refractivity contribution in [1.29, 1.82) is 0 Å². The summed E-state index contributed by atoms with van der Waals surface area (Å²) in [5, 5.41) is 8.36. The van der Waals surface area contributed by atoms with Gasteiger partial charge in [-0.3, -0.25) is 14.9 Å². The predicted octanol–water partition coefficient (Wildman–Crippen LogP) is 5.13. The number of carbonyl (C=O) groups excluding carboxylic acids is 2. The van der Waals surface area contributed by atoms with Gasteiger partial charge in [-0.1, -0.05) is 41.7 Å². The Morgan fingerprint density at radius 3 is 2.89 bits per heavy atom. The van der Waals surface area contributed by atoms with Crippen molar-refractivity contribution in [3.8, 4) is 0 Å². The van der Waals surface area contributed by atoms with Crippen molar-refractivity contribution < 1.29 is 9.59 Å². The molecule has 2 heterocycles. The lowest BCUT2D eigenvalue weighted by molar-refractivity contribution is -0.115. The molecule has 1 aliphatic rings. The molecule has 0 spiro atoms. The van der Waals surface area contributed by atoms with Crippen LogP contribution in [-0.2, 0) is 4.79 Å². The summed E-state index contributed by atoms with van der Waals surface area (Å²) in [5.41, 5.74) is 2.05. The fourth-order valence-corrected chi connectivity index (χ4v) is 5.04. The highest BCUT2D eigenvalue weighted by Gasteiger charge is 2.24. The predicted molar refractivity (Wildman–Crippen MR) is 115 cm³/mol. The van der Waals surface area contributed by atoms with Crippen LogP contribution in [0.25, 0.3) is 21.0 Å². The third kappa shape index (κ3) is 2.93. The number of hydrogen-bond acceptors (Lipinski definition) is 5. The first kappa shape index (κ1) is 17.2. The summed E-state index contributed by atoms with van der Waals surface area (Å²) in [7, 11) is 0. The molecule has 4 aromatic rings. The number of amides is 2. The zero-order valence-electron chi connectivity index (χ0n) is 14.9. The normalized spacial score (nSPS) is 16.0. The minimum Gasteiger partial charge on any atom is -0.324 e. The van der Waals surface area contributed by atoms with E-state index >= 15 is 0 Å². The average molecular weight is 406 g/mol. The van der Waals surface area contributed by atoms with Gasteiger partial charge < -0.3 is 5.32 Å². The van der Waals surface area contributed by atoms with Crippen molar-refractivity contribution in [2.45, 2.75) is 17.1 Å². The Morgan fingerprint density at radius 1 is 1.14 bits per heavy atom. The second-order valence-corrected chi connectivity index (χ2v) is 8.98. The minimum absolute atomic E-state index is 0.0480. The number of aromatic nitrogens is 1. The lowest BCUT2D eigenvalue weighted by atomic mass is 10.1. The molecule has 2 N–H and O–H groups in total. The molecule has 0 fully saturated rings. The number of nitrogens with one attached hydrogen (secondary N) is 2. The summed E-state index contributed by atoms with van der Waals surface area (Å²) in [6.07, 6.45) is 0. The number of nitrogens with zero attached hydrogens (tertiary/aromatic N) is 1. The van der Waals surface area contributed by atoms with Crippen molar-refractivity contribution in [2.75, 3.05) is 10.6 Å². The maximum absolute atomic E-state index is 12.7. The summed E-state index contributed by atoms with van der Waals surface area (Å²) in [5.74, 6) is -0.294. The van der Waals surface area contributed by atoms with Crippen molar-refractivity contribution in [1.82, 2.24) is 4.98 Å². The molecule has 5 nitrogen and oxygen atoms in total. The van der Waals surface area contributed by atoms with Gasteiger partial charge >= 0.3 is 0 Å².